The fraction of sp³-hybridized carbons (Fsp3) is 0.333. The highest BCUT2D eigenvalue weighted by Gasteiger charge is 2.34. The number of nitrogens with one attached hydrogen (secondary N) is 4. The molecular formula is C21H23N7O. The molecule has 0 unspecified atom stereocenters. The van der Waals surface area contributed by atoms with Crippen LogP contribution in [0.3, 0.4) is 0 Å². The van der Waals surface area contributed by atoms with E-state index in [1.165, 1.54) is 17.1 Å². The largest absolute Gasteiger partial charge is 0.366 e. The number of nitrogens with zero attached hydrogens (tertiary/aromatic N) is 3. The van der Waals surface area contributed by atoms with Crippen LogP contribution >= 0.6 is 0 Å². The lowest BCUT2D eigenvalue weighted by atomic mass is 9.79. The summed E-state index contributed by atoms with van der Waals surface area (Å²) in [5, 5.41) is 19.7. The van der Waals surface area contributed by atoms with E-state index >= 15 is 0 Å². The molecule has 4 N–H and O–H groups in total. The van der Waals surface area contributed by atoms with Gasteiger partial charge in [0.1, 0.15) is 17.5 Å². The fourth-order valence-electron chi connectivity index (χ4n) is 3.65. The van der Waals surface area contributed by atoms with Crippen LogP contribution in [0.15, 0.2) is 36.7 Å². The minimum atomic E-state index is 0.0265. The number of rotatable bonds is 7. The molecule has 1 aliphatic rings. The van der Waals surface area contributed by atoms with Crippen LogP contribution in [0.2, 0.25) is 0 Å². The number of carbonyl (C=O) groups excluding carboxylic acids is 1. The first kappa shape index (κ1) is 18.7. The van der Waals surface area contributed by atoms with Crippen LogP contribution in [-0.2, 0) is 11.2 Å². The molecule has 1 fully saturated rings. The van der Waals surface area contributed by atoms with Crippen LogP contribution < -0.4 is 16.0 Å². The van der Waals surface area contributed by atoms with E-state index in [1.54, 1.807) is 7.05 Å². The summed E-state index contributed by atoms with van der Waals surface area (Å²) in [5.74, 6) is 1.08. The monoisotopic (exact) mass is 389 g/mol. The molecule has 148 valence electrons. The molecule has 1 aromatic carbocycles. The van der Waals surface area contributed by atoms with E-state index in [-0.39, 0.29) is 17.9 Å². The predicted molar refractivity (Wildman–Crippen MR) is 111 cm³/mol. The van der Waals surface area contributed by atoms with E-state index in [2.05, 4.69) is 49.1 Å². The summed E-state index contributed by atoms with van der Waals surface area (Å²) in [6.45, 7) is 0.676. The van der Waals surface area contributed by atoms with Crippen LogP contribution in [0.25, 0.3) is 10.9 Å². The number of aromatic amines is 1. The average Bonchev–Trinajstić information content (AvgIpc) is 3.13. The Hall–Kier alpha value is -3.60. The van der Waals surface area contributed by atoms with Gasteiger partial charge in [0.15, 0.2) is 0 Å². The Kier molecular flexibility index (Phi) is 5.29. The summed E-state index contributed by atoms with van der Waals surface area (Å²) < 4.78 is 0. The zero-order valence-corrected chi connectivity index (χ0v) is 16.2. The van der Waals surface area contributed by atoms with Gasteiger partial charge in [0, 0.05) is 42.7 Å². The zero-order valence-electron chi connectivity index (χ0n) is 16.2. The molecule has 4 rings (SSSR count). The van der Waals surface area contributed by atoms with Crippen LogP contribution in [0, 0.1) is 17.2 Å². The Morgan fingerprint density at radius 3 is 2.97 bits per heavy atom. The lowest BCUT2D eigenvalue weighted by Gasteiger charge is -2.34. The first-order chi connectivity index (χ1) is 14.2. The van der Waals surface area contributed by atoms with Crippen molar-refractivity contribution in [2.24, 2.45) is 5.92 Å². The Balaban J connectivity index is 1.37. The van der Waals surface area contributed by atoms with Crippen molar-refractivity contribution in [1.29, 1.82) is 5.26 Å². The van der Waals surface area contributed by atoms with Gasteiger partial charge in [0.25, 0.3) is 0 Å². The van der Waals surface area contributed by atoms with Gasteiger partial charge in [-0.15, -0.1) is 0 Å². The van der Waals surface area contributed by atoms with Gasteiger partial charge < -0.3 is 20.9 Å². The summed E-state index contributed by atoms with van der Waals surface area (Å²) in [6.07, 6.45) is 5.85. The van der Waals surface area contributed by atoms with Crippen molar-refractivity contribution < 1.29 is 4.79 Å². The number of nitriles is 1. The number of hydrogen-bond acceptors (Lipinski definition) is 6. The molecule has 3 aromatic rings. The highest BCUT2D eigenvalue weighted by molar-refractivity contribution is 5.83. The maximum Gasteiger partial charge on any atom is 0.224 e. The molecule has 0 aliphatic heterocycles. The third-order valence-corrected chi connectivity index (χ3v) is 5.36. The molecule has 8 heteroatoms. The molecule has 29 heavy (non-hydrogen) atoms. The van der Waals surface area contributed by atoms with Crippen LogP contribution in [-0.4, -0.2) is 40.5 Å². The SMILES string of the molecule is CNC(=O)C1CC(Nc2nc(NCCc3c[nH]c4ccccc34)ncc2C#N)C1. The van der Waals surface area contributed by atoms with Crippen LogP contribution in [0.1, 0.15) is 24.0 Å². The van der Waals surface area contributed by atoms with E-state index in [4.69, 9.17) is 0 Å². The first-order valence-electron chi connectivity index (χ1n) is 9.72. The van der Waals surface area contributed by atoms with Crippen molar-refractivity contribution in [2.45, 2.75) is 25.3 Å². The summed E-state index contributed by atoms with van der Waals surface area (Å²) in [4.78, 5) is 23.6. The van der Waals surface area contributed by atoms with E-state index in [0.717, 1.165) is 24.8 Å². The molecule has 1 saturated carbocycles. The summed E-state index contributed by atoms with van der Waals surface area (Å²) >= 11 is 0. The third kappa shape index (κ3) is 3.99. The molecule has 8 nitrogen and oxygen atoms in total. The number of anilines is 2. The number of H-pyrrole nitrogens is 1. The molecule has 0 bridgehead atoms. The molecule has 2 heterocycles. The second-order valence-electron chi connectivity index (χ2n) is 7.23. The molecule has 0 radical (unpaired) electrons. The highest BCUT2D eigenvalue weighted by atomic mass is 16.1. The molecule has 2 aromatic heterocycles. The van der Waals surface area contributed by atoms with Gasteiger partial charge in [0.05, 0.1) is 6.20 Å². The number of aromatic nitrogens is 3. The highest BCUT2D eigenvalue weighted by Crippen LogP contribution is 2.30. The molecule has 1 amide bonds. The number of fused-ring (bicyclic) bond motifs is 1. The lowest BCUT2D eigenvalue weighted by Crippen LogP contribution is -2.43. The second kappa shape index (κ2) is 8.19. The van der Waals surface area contributed by atoms with Crippen molar-refractivity contribution in [3.05, 3.63) is 47.8 Å². The van der Waals surface area contributed by atoms with Crippen molar-refractivity contribution in [3.8, 4) is 6.07 Å². The van der Waals surface area contributed by atoms with Gasteiger partial charge in [-0.1, -0.05) is 18.2 Å². The first-order valence-corrected chi connectivity index (χ1v) is 9.72. The minimum absolute atomic E-state index is 0.0265. The Bertz CT molecular complexity index is 1060. The van der Waals surface area contributed by atoms with E-state index in [1.807, 2.05) is 18.3 Å². The minimum Gasteiger partial charge on any atom is -0.366 e. The van der Waals surface area contributed by atoms with E-state index in [9.17, 15) is 10.1 Å². The Morgan fingerprint density at radius 2 is 2.17 bits per heavy atom. The van der Waals surface area contributed by atoms with Crippen molar-refractivity contribution in [2.75, 3.05) is 24.2 Å². The van der Waals surface area contributed by atoms with Gasteiger partial charge in [-0.25, -0.2) is 4.98 Å². The number of benzene rings is 1. The molecule has 0 atom stereocenters. The zero-order chi connectivity index (χ0) is 20.2. The van der Waals surface area contributed by atoms with Crippen molar-refractivity contribution in [3.63, 3.8) is 0 Å². The van der Waals surface area contributed by atoms with Gasteiger partial charge in [-0.2, -0.15) is 10.2 Å². The molecule has 0 saturated heterocycles. The maximum absolute atomic E-state index is 11.6. The summed E-state index contributed by atoms with van der Waals surface area (Å²) in [6, 6.07) is 10.5. The van der Waals surface area contributed by atoms with Crippen LogP contribution in [0.4, 0.5) is 11.8 Å². The average molecular weight is 389 g/mol. The number of para-hydroxylation sites is 1. The maximum atomic E-state index is 11.6. The normalized spacial score (nSPS) is 17.9. The smallest absolute Gasteiger partial charge is 0.224 e. The second-order valence-corrected chi connectivity index (χ2v) is 7.23. The van der Waals surface area contributed by atoms with Crippen molar-refractivity contribution >= 4 is 28.6 Å². The van der Waals surface area contributed by atoms with E-state index < -0.39 is 0 Å². The predicted octanol–water partition coefficient (Wildman–Crippen LogP) is 2.42. The van der Waals surface area contributed by atoms with Gasteiger partial charge in [0.2, 0.25) is 11.9 Å². The standard InChI is InChI=1S/C21H23N7O/c1-23-20(29)14-8-16(9-14)27-19-15(10-22)12-26-21(28-19)24-7-6-13-11-25-18-5-3-2-4-17(13)18/h2-5,11-12,14,16,25H,6-9H2,1H3,(H,23,29)(H2,24,26,27,28). The Labute approximate surface area is 168 Å². The lowest BCUT2D eigenvalue weighted by molar-refractivity contribution is -0.127. The van der Waals surface area contributed by atoms with Gasteiger partial charge in [-0.3, -0.25) is 4.79 Å². The fourth-order valence-corrected chi connectivity index (χ4v) is 3.65. The number of amides is 1. The quantitative estimate of drug-likeness (QED) is 0.493. The molecule has 1 aliphatic carbocycles. The van der Waals surface area contributed by atoms with E-state index in [0.29, 0.717) is 23.9 Å². The third-order valence-electron chi connectivity index (χ3n) is 5.36. The van der Waals surface area contributed by atoms with Crippen molar-refractivity contribution in [1.82, 2.24) is 20.3 Å². The number of carbonyl (C=O) groups is 1. The topological polar surface area (TPSA) is 119 Å². The summed E-state index contributed by atoms with van der Waals surface area (Å²) in [7, 11) is 1.65. The molecular weight excluding hydrogens is 366 g/mol. The molecule has 0 spiro atoms. The van der Waals surface area contributed by atoms with Gasteiger partial charge in [-0.05, 0) is 30.9 Å². The van der Waals surface area contributed by atoms with Gasteiger partial charge >= 0.3 is 0 Å². The number of hydrogen-bond donors (Lipinski definition) is 4. The summed E-state index contributed by atoms with van der Waals surface area (Å²) in [5.41, 5.74) is 2.75. The Morgan fingerprint density at radius 1 is 1.34 bits per heavy atom. The van der Waals surface area contributed by atoms with Crippen LogP contribution in [0.5, 0.6) is 0 Å².